The lowest BCUT2D eigenvalue weighted by molar-refractivity contribution is -0.385. The van der Waals surface area contributed by atoms with E-state index < -0.39 is 22.3 Å². The summed E-state index contributed by atoms with van der Waals surface area (Å²) in [6, 6.07) is 8.31. The molecule has 2 aliphatic rings. The summed E-state index contributed by atoms with van der Waals surface area (Å²) in [6.07, 6.45) is -3.79. The van der Waals surface area contributed by atoms with Gasteiger partial charge in [-0.05, 0) is 32.0 Å². The Bertz CT molecular complexity index is 1030. The normalized spacial score (nSPS) is 18.0. The topological polar surface area (TPSA) is 68.1 Å². The molecule has 4 rings (SSSR count). The van der Waals surface area contributed by atoms with Gasteiger partial charge in [-0.3, -0.25) is 15.0 Å². The minimum atomic E-state index is -4.36. The molecule has 0 radical (unpaired) electrons. The van der Waals surface area contributed by atoms with Crippen LogP contribution in [0.15, 0.2) is 36.4 Å². The zero-order chi connectivity index (χ0) is 23.8. The van der Waals surface area contributed by atoms with Gasteiger partial charge in [0.2, 0.25) is 0 Å². The number of halogens is 3. The molecule has 10 heteroatoms. The van der Waals surface area contributed by atoms with Crippen LogP contribution >= 0.6 is 0 Å². The van der Waals surface area contributed by atoms with Crippen molar-refractivity contribution in [1.29, 1.82) is 0 Å². The highest BCUT2D eigenvalue weighted by atomic mass is 19.4. The number of piperazine rings is 1. The minimum absolute atomic E-state index is 0.0280. The summed E-state index contributed by atoms with van der Waals surface area (Å²) in [4.78, 5) is 15.0. The summed E-state index contributed by atoms with van der Waals surface area (Å²) in [5.41, 5.74) is 0.201. The molecule has 0 N–H and O–H groups in total. The van der Waals surface area contributed by atoms with E-state index in [-0.39, 0.29) is 5.69 Å². The lowest BCUT2D eigenvalue weighted by Crippen LogP contribution is -2.47. The van der Waals surface area contributed by atoms with E-state index in [1.165, 1.54) is 24.3 Å². The van der Waals surface area contributed by atoms with Gasteiger partial charge in [-0.2, -0.15) is 13.2 Å². The number of hydrogen-bond donors (Lipinski definition) is 0. The van der Waals surface area contributed by atoms with Gasteiger partial charge in [-0.1, -0.05) is 6.07 Å². The fourth-order valence-electron chi connectivity index (χ4n) is 4.27. The van der Waals surface area contributed by atoms with E-state index in [9.17, 15) is 23.3 Å². The summed E-state index contributed by atoms with van der Waals surface area (Å²) >= 11 is 0. The fourth-order valence-corrected chi connectivity index (χ4v) is 4.27. The number of hydrogen-bond acceptors (Lipinski definition) is 6. The molecule has 0 atom stereocenters. The molecule has 0 unspecified atom stereocenters. The molecule has 0 amide bonds. The first kappa shape index (κ1) is 23.2. The van der Waals surface area contributed by atoms with E-state index in [1.54, 1.807) is 6.07 Å². The number of ether oxygens (including phenoxy) is 2. The zero-order valence-electron chi connectivity index (χ0n) is 18.5. The number of non-ortho nitro benzene ring substituents is 1. The summed E-state index contributed by atoms with van der Waals surface area (Å²) < 4.78 is 50.8. The third kappa shape index (κ3) is 5.32. The number of alkyl halides is 3. The Morgan fingerprint density at radius 1 is 1.15 bits per heavy atom. The van der Waals surface area contributed by atoms with Crippen LogP contribution in [0.5, 0.6) is 11.5 Å². The average molecular weight is 465 g/mol. The lowest BCUT2D eigenvalue weighted by atomic mass is 10.0. The number of anilines is 1. The second kappa shape index (κ2) is 8.74. The standard InChI is InChI=1S/C23H26F3N3O4/c1-22(2)15-16-12-19(29(30)31)14-20(21(16)33-22)32-11-10-27-6-8-28(9-7-27)18-5-3-4-17(13-18)23(24,25)26/h3-5,12-14H,6-11,15H2,1-2H3. The van der Waals surface area contributed by atoms with Crippen molar-refractivity contribution in [3.63, 3.8) is 0 Å². The molecule has 2 heterocycles. The number of fused-ring (bicyclic) bond motifs is 1. The second-order valence-corrected chi connectivity index (χ2v) is 8.95. The van der Waals surface area contributed by atoms with E-state index in [4.69, 9.17) is 9.47 Å². The predicted molar refractivity (Wildman–Crippen MR) is 117 cm³/mol. The molecule has 2 aromatic carbocycles. The van der Waals surface area contributed by atoms with E-state index in [1.807, 2.05) is 18.7 Å². The number of benzene rings is 2. The van der Waals surface area contributed by atoms with Crippen molar-refractivity contribution in [3.8, 4) is 11.5 Å². The molecule has 7 nitrogen and oxygen atoms in total. The van der Waals surface area contributed by atoms with Gasteiger partial charge < -0.3 is 14.4 Å². The zero-order valence-corrected chi connectivity index (χ0v) is 18.5. The second-order valence-electron chi connectivity index (χ2n) is 8.95. The van der Waals surface area contributed by atoms with Crippen molar-refractivity contribution in [2.45, 2.75) is 32.0 Å². The molecule has 0 spiro atoms. The largest absolute Gasteiger partial charge is 0.488 e. The third-order valence-corrected chi connectivity index (χ3v) is 5.90. The highest BCUT2D eigenvalue weighted by Gasteiger charge is 2.35. The van der Waals surface area contributed by atoms with Crippen LogP contribution in [0.25, 0.3) is 0 Å². The van der Waals surface area contributed by atoms with Crippen molar-refractivity contribution >= 4 is 11.4 Å². The van der Waals surface area contributed by atoms with Crippen molar-refractivity contribution in [1.82, 2.24) is 4.90 Å². The highest BCUT2D eigenvalue weighted by molar-refractivity contribution is 5.57. The van der Waals surface area contributed by atoms with Crippen LogP contribution < -0.4 is 14.4 Å². The predicted octanol–water partition coefficient (Wildman–Crippen LogP) is 4.53. The molecule has 2 aromatic rings. The molecule has 1 saturated heterocycles. The molecule has 33 heavy (non-hydrogen) atoms. The van der Waals surface area contributed by atoms with Gasteiger partial charge in [0.15, 0.2) is 11.5 Å². The van der Waals surface area contributed by atoms with Crippen LogP contribution in [0.1, 0.15) is 25.0 Å². The summed E-state index contributed by atoms with van der Waals surface area (Å²) in [6.45, 7) is 7.32. The van der Waals surface area contributed by atoms with Crippen molar-refractivity contribution in [2.24, 2.45) is 0 Å². The Labute approximate surface area is 189 Å². The first-order valence-electron chi connectivity index (χ1n) is 10.8. The minimum Gasteiger partial charge on any atom is -0.488 e. The molecule has 178 valence electrons. The van der Waals surface area contributed by atoms with Gasteiger partial charge in [0.1, 0.15) is 12.2 Å². The Morgan fingerprint density at radius 2 is 1.88 bits per heavy atom. The Kier molecular flexibility index (Phi) is 6.13. The Hall–Kier alpha value is -3.01. The van der Waals surface area contributed by atoms with Crippen molar-refractivity contribution in [3.05, 3.63) is 57.6 Å². The van der Waals surface area contributed by atoms with Gasteiger partial charge in [0.05, 0.1) is 16.6 Å². The van der Waals surface area contributed by atoms with Crippen LogP contribution in [0.2, 0.25) is 0 Å². The van der Waals surface area contributed by atoms with Gasteiger partial charge in [-0.25, -0.2) is 0 Å². The van der Waals surface area contributed by atoms with Crippen molar-refractivity contribution in [2.75, 3.05) is 44.2 Å². The average Bonchev–Trinajstić information content (AvgIpc) is 3.07. The monoisotopic (exact) mass is 465 g/mol. The maximum atomic E-state index is 13.0. The number of nitro benzene ring substituents is 1. The van der Waals surface area contributed by atoms with Crippen LogP contribution in [-0.2, 0) is 12.6 Å². The quantitative estimate of drug-likeness (QED) is 0.461. The maximum absolute atomic E-state index is 13.0. The van der Waals surface area contributed by atoms with Crippen LogP contribution in [-0.4, -0.2) is 54.8 Å². The molecule has 1 fully saturated rings. The van der Waals surface area contributed by atoms with Gasteiger partial charge >= 0.3 is 6.18 Å². The summed E-state index contributed by atoms with van der Waals surface area (Å²) in [5.74, 6) is 0.923. The van der Waals surface area contributed by atoms with E-state index in [2.05, 4.69) is 4.90 Å². The number of rotatable bonds is 6. The Balaban J connectivity index is 1.33. The fraction of sp³-hybridized carbons (Fsp3) is 0.478. The summed E-state index contributed by atoms with van der Waals surface area (Å²) in [7, 11) is 0. The van der Waals surface area contributed by atoms with Crippen LogP contribution in [0.3, 0.4) is 0 Å². The van der Waals surface area contributed by atoms with Crippen molar-refractivity contribution < 1.29 is 27.6 Å². The first-order valence-corrected chi connectivity index (χ1v) is 10.8. The van der Waals surface area contributed by atoms with Crippen LogP contribution in [0.4, 0.5) is 24.5 Å². The molecule has 0 bridgehead atoms. The van der Waals surface area contributed by atoms with Gasteiger partial charge in [0, 0.05) is 56.5 Å². The third-order valence-electron chi connectivity index (χ3n) is 5.90. The van der Waals surface area contributed by atoms with E-state index in [0.29, 0.717) is 62.9 Å². The van der Waals surface area contributed by atoms with E-state index >= 15 is 0 Å². The molecule has 0 aliphatic carbocycles. The van der Waals surface area contributed by atoms with Crippen LogP contribution in [0, 0.1) is 10.1 Å². The molecular weight excluding hydrogens is 439 g/mol. The molecule has 0 aromatic heterocycles. The Morgan fingerprint density at radius 3 is 2.55 bits per heavy atom. The molecular formula is C23H26F3N3O4. The summed E-state index contributed by atoms with van der Waals surface area (Å²) in [5, 5.41) is 11.3. The van der Waals surface area contributed by atoms with Gasteiger partial charge in [-0.15, -0.1) is 0 Å². The number of nitro groups is 1. The number of nitrogens with zero attached hydrogens (tertiary/aromatic N) is 3. The van der Waals surface area contributed by atoms with E-state index in [0.717, 1.165) is 11.6 Å². The SMILES string of the molecule is CC1(C)Cc2cc([N+](=O)[O-])cc(OCCN3CCN(c4cccc(C(F)(F)F)c4)CC3)c2O1. The lowest BCUT2D eigenvalue weighted by Gasteiger charge is -2.36. The first-order chi connectivity index (χ1) is 15.5. The maximum Gasteiger partial charge on any atom is 0.416 e. The van der Waals surface area contributed by atoms with Gasteiger partial charge in [0.25, 0.3) is 5.69 Å². The molecule has 2 aliphatic heterocycles. The molecule has 0 saturated carbocycles. The highest BCUT2D eigenvalue weighted by Crippen LogP contribution is 2.44. The smallest absolute Gasteiger partial charge is 0.416 e.